The second-order valence-corrected chi connectivity index (χ2v) is 6.76. The molecular formula is C22H34N2O8. The summed E-state index contributed by atoms with van der Waals surface area (Å²) in [6.45, 7) is 3.85. The molecule has 1 heterocycles. The Morgan fingerprint density at radius 1 is 0.719 bits per heavy atom. The maximum atomic E-state index is 9.25. The van der Waals surface area contributed by atoms with Gasteiger partial charge in [0.2, 0.25) is 0 Å². The van der Waals surface area contributed by atoms with Crippen LogP contribution in [-0.4, -0.2) is 84.3 Å². The number of rotatable bonds is 6. The van der Waals surface area contributed by atoms with Gasteiger partial charge in [-0.25, -0.2) is 0 Å². The summed E-state index contributed by atoms with van der Waals surface area (Å²) in [7, 11) is 2.84. The molecule has 0 spiro atoms. The molecule has 2 aromatic carbocycles. The lowest BCUT2D eigenvalue weighted by atomic mass is 10.1. The highest BCUT2D eigenvalue weighted by molar-refractivity contribution is 5.43. The van der Waals surface area contributed by atoms with Gasteiger partial charge in [-0.2, -0.15) is 0 Å². The van der Waals surface area contributed by atoms with E-state index >= 15 is 0 Å². The van der Waals surface area contributed by atoms with Gasteiger partial charge >= 0.3 is 0 Å². The van der Waals surface area contributed by atoms with Gasteiger partial charge < -0.3 is 50.7 Å². The van der Waals surface area contributed by atoms with E-state index < -0.39 is 12.2 Å². The standard InChI is InChI=1S/2C9H12O4.C4H10N2/c2*1-13-9-4-6(8(12)5-10)2-3-7(9)11;1-2-6-4-3-5-1/h2*2-4,8,10-12H,5H2,1H3;5-6H,1-4H2. The van der Waals surface area contributed by atoms with Gasteiger partial charge in [0, 0.05) is 26.2 Å². The van der Waals surface area contributed by atoms with Crippen LogP contribution in [0.15, 0.2) is 36.4 Å². The fourth-order valence-electron chi connectivity index (χ4n) is 2.62. The number of nitrogens with one attached hydrogen (secondary N) is 2. The fraction of sp³-hybridized carbons (Fsp3) is 0.455. The molecule has 2 atom stereocenters. The van der Waals surface area contributed by atoms with Crippen molar-refractivity contribution in [1.82, 2.24) is 10.6 Å². The van der Waals surface area contributed by atoms with Crippen LogP contribution in [0.3, 0.4) is 0 Å². The third-order valence-corrected chi connectivity index (χ3v) is 4.48. The second-order valence-electron chi connectivity index (χ2n) is 6.76. The first-order valence-electron chi connectivity index (χ1n) is 10.1. The van der Waals surface area contributed by atoms with Crippen molar-refractivity contribution in [3.05, 3.63) is 47.5 Å². The minimum Gasteiger partial charge on any atom is -0.504 e. The minimum absolute atomic E-state index is 0.0105. The van der Waals surface area contributed by atoms with Crippen molar-refractivity contribution in [3.63, 3.8) is 0 Å². The van der Waals surface area contributed by atoms with Gasteiger partial charge in [0.25, 0.3) is 0 Å². The van der Waals surface area contributed by atoms with Gasteiger partial charge in [-0.15, -0.1) is 0 Å². The van der Waals surface area contributed by atoms with Gasteiger partial charge in [0.05, 0.1) is 27.4 Å². The van der Waals surface area contributed by atoms with E-state index in [1.807, 2.05) is 0 Å². The molecule has 2 unspecified atom stereocenters. The van der Waals surface area contributed by atoms with Crippen molar-refractivity contribution in [2.45, 2.75) is 12.2 Å². The van der Waals surface area contributed by atoms with Crippen LogP contribution >= 0.6 is 0 Å². The average molecular weight is 455 g/mol. The molecule has 0 amide bonds. The van der Waals surface area contributed by atoms with Crippen LogP contribution in [0.25, 0.3) is 0 Å². The Morgan fingerprint density at radius 3 is 1.31 bits per heavy atom. The van der Waals surface area contributed by atoms with E-state index in [0.717, 1.165) is 26.2 Å². The molecular weight excluding hydrogens is 420 g/mol. The van der Waals surface area contributed by atoms with Crippen LogP contribution in [0.1, 0.15) is 23.3 Å². The first-order valence-corrected chi connectivity index (χ1v) is 10.1. The number of phenolic OH excluding ortho intramolecular Hbond substituents is 2. The Bertz CT molecular complexity index is 716. The van der Waals surface area contributed by atoms with E-state index in [9.17, 15) is 20.4 Å². The Kier molecular flexibility index (Phi) is 13.1. The lowest BCUT2D eigenvalue weighted by Crippen LogP contribution is -2.39. The Balaban J connectivity index is 0.000000256. The summed E-state index contributed by atoms with van der Waals surface area (Å²) >= 11 is 0. The molecule has 0 bridgehead atoms. The van der Waals surface area contributed by atoms with Crippen molar-refractivity contribution in [1.29, 1.82) is 0 Å². The van der Waals surface area contributed by atoms with Gasteiger partial charge in [0.15, 0.2) is 23.0 Å². The Labute approximate surface area is 187 Å². The molecule has 3 rings (SSSR count). The summed E-state index contributed by atoms with van der Waals surface area (Å²) in [6.07, 6.45) is -1.87. The summed E-state index contributed by atoms with van der Waals surface area (Å²) in [5.41, 5.74) is 1.02. The zero-order chi connectivity index (χ0) is 23.9. The number of piperazine rings is 1. The zero-order valence-electron chi connectivity index (χ0n) is 18.4. The van der Waals surface area contributed by atoms with Crippen LogP contribution in [0.4, 0.5) is 0 Å². The predicted molar refractivity (Wildman–Crippen MR) is 119 cm³/mol. The van der Waals surface area contributed by atoms with E-state index in [1.165, 1.54) is 50.6 Å². The number of aliphatic hydroxyl groups excluding tert-OH is 4. The van der Waals surface area contributed by atoms with E-state index in [1.54, 1.807) is 0 Å². The monoisotopic (exact) mass is 454 g/mol. The number of benzene rings is 2. The van der Waals surface area contributed by atoms with Crippen molar-refractivity contribution in [3.8, 4) is 23.0 Å². The van der Waals surface area contributed by atoms with Crippen LogP contribution in [0.5, 0.6) is 23.0 Å². The van der Waals surface area contributed by atoms with Crippen LogP contribution in [0.2, 0.25) is 0 Å². The fourth-order valence-corrected chi connectivity index (χ4v) is 2.62. The molecule has 8 N–H and O–H groups in total. The topological polar surface area (TPSA) is 164 Å². The van der Waals surface area contributed by atoms with E-state index in [0.29, 0.717) is 11.1 Å². The molecule has 0 radical (unpaired) electrons. The van der Waals surface area contributed by atoms with Crippen molar-refractivity contribution in [2.75, 3.05) is 53.6 Å². The normalized spacial score (nSPS) is 14.7. The largest absolute Gasteiger partial charge is 0.504 e. The van der Waals surface area contributed by atoms with E-state index in [2.05, 4.69) is 10.6 Å². The summed E-state index contributed by atoms with van der Waals surface area (Å²) < 4.78 is 9.68. The maximum absolute atomic E-state index is 9.25. The highest BCUT2D eigenvalue weighted by Gasteiger charge is 2.10. The molecule has 10 heteroatoms. The lowest BCUT2D eigenvalue weighted by molar-refractivity contribution is 0.0953. The van der Waals surface area contributed by atoms with Gasteiger partial charge in [0.1, 0.15) is 12.2 Å². The molecule has 1 aliphatic rings. The lowest BCUT2D eigenvalue weighted by Gasteiger charge is -2.11. The number of hydrogen-bond donors (Lipinski definition) is 8. The van der Waals surface area contributed by atoms with Crippen molar-refractivity contribution < 1.29 is 40.1 Å². The summed E-state index contributed by atoms with van der Waals surface area (Å²) in [5, 5.41) is 60.7. The number of hydrogen-bond acceptors (Lipinski definition) is 10. The average Bonchev–Trinajstić information content (AvgIpc) is 2.85. The van der Waals surface area contributed by atoms with E-state index in [-0.39, 0.29) is 36.2 Å². The van der Waals surface area contributed by atoms with Gasteiger partial charge in [-0.3, -0.25) is 0 Å². The smallest absolute Gasteiger partial charge is 0.160 e. The third-order valence-electron chi connectivity index (χ3n) is 4.48. The first kappa shape index (κ1) is 27.4. The minimum atomic E-state index is -0.936. The number of methoxy groups -OCH3 is 2. The molecule has 1 saturated heterocycles. The van der Waals surface area contributed by atoms with Gasteiger partial charge in [-0.05, 0) is 35.4 Å². The highest BCUT2D eigenvalue weighted by atomic mass is 16.5. The highest BCUT2D eigenvalue weighted by Crippen LogP contribution is 2.29. The Morgan fingerprint density at radius 2 is 1.06 bits per heavy atom. The maximum Gasteiger partial charge on any atom is 0.160 e. The molecule has 32 heavy (non-hydrogen) atoms. The second kappa shape index (κ2) is 15.2. The van der Waals surface area contributed by atoms with Crippen molar-refractivity contribution >= 4 is 0 Å². The number of aliphatic hydroxyl groups is 4. The summed E-state index contributed by atoms with van der Waals surface area (Å²) in [6, 6.07) is 8.84. The first-order chi connectivity index (χ1) is 15.4. The number of aromatic hydroxyl groups is 2. The SMILES string of the molecule is C1CNCCN1.COc1cc(C(O)CO)ccc1O.COc1cc(C(O)CO)ccc1O. The van der Waals surface area contributed by atoms with Gasteiger partial charge in [-0.1, -0.05) is 12.1 Å². The molecule has 0 saturated carbocycles. The molecule has 2 aromatic rings. The quantitative estimate of drug-likeness (QED) is 0.299. The molecule has 0 aromatic heterocycles. The Hall–Kier alpha value is -2.60. The molecule has 1 fully saturated rings. The van der Waals surface area contributed by atoms with E-state index in [4.69, 9.17) is 19.7 Å². The molecule has 10 nitrogen and oxygen atoms in total. The third kappa shape index (κ3) is 9.27. The molecule has 1 aliphatic heterocycles. The van der Waals surface area contributed by atoms with Crippen LogP contribution in [-0.2, 0) is 0 Å². The number of ether oxygens (including phenoxy) is 2. The number of phenols is 2. The summed E-state index contributed by atoms with van der Waals surface area (Å²) in [5.74, 6) is 0.586. The zero-order valence-corrected chi connectivity index (χ0v) is 18.4. The molecule has 180 valence electrons. The van der Waals surface area contributed by atoms with Crippen LogP contribution < -0.4 is 20.1 Å². The van der Waals surface area contributed by atoms with Crippen LogP contribution in [0, 0.1) is 0 Å². The molecule has 0 aliphatic carbocycles. The van der Waals surface area contributed by atoms with Crippen molar-refractivity contribution in [2.24, 2.45) is 0 Å². The predicted octanol–water partition coefficient (Wildman–Crippen LogP) is 0.0322. The summed E-state index contributed by atoms with van der Waals surface area (Å²) in [4.78, 5) is 0.